The molecule has 14 heteroatoms. The summed E-state index contributed by atoms with van der Waals surface area (Å²) in [5.74, 6) is -0.377. The highest BCUT2D eigenvalue weighted by Gasteiger charge is 2.36. The zero-order chi connectivity index (χ0) is 34.3. The third-order valence-corrected chi connectivity index (χ3v) is 10.2. The van der Waals surface area contributed by atoms with Crippen LogP contribution >= 0.6 is 11.6 Å². The van der Waals surface area contributed by atoms with Crippen molar-refractivity contribution >= 4 is 44.8 Å². The molecule has 0 bridgehead atoms. The number of methoxy groups -OCH3 is 2. The van der Waals surface area contributed by atoms with Crippen LogP contribution in [-0.2, 0) is 26.2 Å². The molecule has 1 aliphatic carbocycles. The SMILES string of the molecule is CCC(C(=O)NC1CCCC1)N(Cc1cccc(OC)c1)C(=O)CN(c1cc(Cl)ccc1OC)S(=O)(=O)c1ccc(C)c([N+](=O)[O-])c1. The monoisotopic (exact) mass is 686 g/mol. The van der Waals surface area contributed by atoms with E-state index < -0.39 is 44.0 Å². The van der Waals surface area contributed by atoms with Gasteiger partial charge in [-0.15, -0.1) is 0 Å². The number of anilines is 1. The third-order valence-electron chi connectivity index (χ3n) is 8.23. The topological polar surface area (TPSA) is 148 Å². The first-order chi connectivity index (χ1) is 22.4. The summed E-state index contributed by atoms with van der Waals surface area (Å²) >= 11 is 6.31. The quantitative estimate of drug-likeness (QED) is 0.169. The molecule has 12 nitrogen and oxygen atoms in total. The van der Waals surface area contributed by atoms with E-state index >= 15 is 0 Å². The van der Waals surface area contributed by atoms with Gasteiger partial charge in [-0.05, 0) is 68.1 Å². The summed E-state index contributed by atoms with van der Waals surface area (Å²) in [6, 6.07) is 13.9. The number of carbonyl (C=O) groups excluding carboxylic acids is 2. The number of nitrogens with zero attached hydrogens (tertiary/aromatic N) is 3. The molecule has 0 saturated heterocycles. The Balaban J connectivity index is 1.82. The second-order valence-corrected chi connectivity index (χ2v) is 13.6. The number of sulfonamides is 1. The molecule has 2 amide bonds. The molecule has 252 valence electrons. The number of ether oxygens (including phenoxy) is 2. The van der Waals surface area contributed by atoms with E-state index in [0.717, 1.165) is 36.1 Å². The molecule has 47 heavy (non-hydrogen) atoms. The molecule has 0 aliphatic heterocycles. The van der Waals surface area contributed by atoms with E-state index in [1.807, 2.05) is 0 Å². The summed E-state index contributed by atoms with van der Waals surface area (Å²) in [5, 5.41) is 15.0. The first kappa shape index (κ1) is 35.5. The first-order valence-electron chi connectivity index (χ1n) is 15.2. The van der Waals surface area contributed by atoms with Crippen LogP contribution < -0.4 is 19.1 Å². The lowest BCUT2D eigenvalue weighted by molar-refractivity contribution is -0.385. The highest BCUT2D eigenvalue weighted by Crippen LogP contribution is 2.36. The zero-order valence-electron chi connectivity index (χ0n) is 26.8. The number of benzene rings is 3. The Morgan fingerprint density at radius 1 is 1.06 bits per heavy atom. The Hall–Kier alpha value is -4.36. The number of hydrogen-bond donors (Lipinski definition) is 1. The Morgan fingerprint density at radius 2 is 1.79 bits per heavy atom. The van der Waals surface area contributed by atoms with Crippen LogP contribution in [0.2, 0.25) is 5.02 Å². The van der Waals surface area contributed by atoms with Crippen molar-refractivity contribution in [3.63, 3.8) is 0 Å². The van der Waals surface area contributed by atoms with Gasteiger partial charge in [0.1, 0.15) is 24.1 Å². The normalized spacial score (nSPS) is 13.9. The van der Waals surface area contributed by atoms with Crippen molar-refractivity contribution in [2.45, 2.75) is 69.5 Å². The molecule has 0 heterocycles. The fourth-order valence-corrected chi connectivity index (χ4v) is 7.30. The largest absolute Gasteiger partial charge is 0.497 e. The van der Waals surface area contributed by atoms with Crippen LogP contribution in [0.1, 0.15) is 50.2 Å². The highest BCUT2D eigenvalue weighted by molar-refractivity contribution is 7.92. The molecule has 1 atom stereocenters. The Bertz CT molecular complexity index is 1730. The van der Waals surface area contributed by atoms with Crippen LogP contribution in [0.4, 0.5) is 11.4 Å². The Kier molecular flexibility index (Phi) is 11.7. The Labute approximate surface area is 279 Å². The summed E-state index contributed by atoms with van der Waals surface area (Å²) < 4.78 is 40.3. The van der Waals surface area contributed by atoms with Crippen molar-refractivity contribution < 1.29 is 32.4 Å². The van der Waals surface area contributed by atoms with E-state index in [1.165, 1.54) is 56.4 Å². The lowest BCUT2D eigenvalue weighted by Gasteiger charge is -2.34. The zero-order valence-corrected chi connectivity index (χ0v) is 28.3. The molecule has 0 spiro atoms. The maximum absolute atomic E-state index is 14.4. The summed E-state index contributed by atoms with van der Waals surface area (Å²) in [5.41, 5.74) is 0.472. The fraction of sp³-hybridized carbons (Fsp3) is 0.394. The number of nitro benzene ring substituents is 1. The van der Waals surface area contributed by atoms with Crippen molar-refractivity contribution in [1.29, 1.82) is 0 Å². The number of halogens is 1. The summed E-state index contributed by atoms with van der Waals surface area (Å²) in [7, 11) is -1.78. The molecular weight excluding hydrogens is 648 g/mol. The summed E-state index contributed by atoms with van der Waals surface area (Å²) in [4.78, 5) is 40.1. The van der Waals surface area contributed by atoms with E-state index in [1.54, 1.807) is 31.2 Å². The maximum Gasteiger partial charge on any atom is 0.273 e. The smallest absolute Gasteiger partial charge is 0.273 e. The second-order valence-electron chi connectivity index (χ2n) is 11.3. The average molecular weight is 687 g/mol. The van der Waals surface area contributed by atoms with E-state index in [9.17, 15) is 28.1 Å². The van der Waals surface area contributed by atoms with Gasteiger partial charge >= 0.3 is 0 Å². The van der Waals surface area contributed by atoms with Gasteiger partial charge in [-0.3, -0.25) is 24.0 Å². The third kappa shape index (κ3) is 8.33. The molecule has 3 aromatic rings. The molecule has 1 saturated carbocycles. The number of rotatable bonds is 14. The number of aryl methyl sites for hydroxylation is 1. The van der Waals surface area contributed by atoms with E-state index in [0.29, 0.717) is 11.3 Å². The van der Waals surface area contributed by atoms with Crippen LogP contribution in [0.3, 0.4) is 0 Å². The van der Waals surface area contributed by atoms with Crippen LogP contribution in [0.5, 0.6) is 11.5 Å². The van der Waals surface area contributed by atoms with Gasteiger partial charge in [0, 0.05) is 29.2 Å². The number of hydrogen-bond acceptors (Lipinski definition) is 8. The lowest BCUT2D eigenvalue weighted by atomic mass is 10.1. The van der Waals surface area contributed by atoms with Crippen LogP contribution in [0.25, 0.3) is 0 Å². The summed E-state index contributed by atoms with van der Waals surface area (Å²) in [6.07, 6.45) is 3.94. The van der Waals surface area contributed by atoms with Crippen LogP contribution in [-0.4, -0.2) is 62.9 Å². The number of nitrogens with one attached hydrogen (secondary N) is 1. The lowest BCUT2D eigenvalue weighted by Crippen LogP contribution is -2.53. The van der Waals surface area contributed by atoms with Gasteiger partial charge in [-0.25, -0.2) is 8.42 Å². The van der Waals surface area contributed by atoms with Gasteiger partial charge in [0.2, 0.25) is 11.8 Å². The minimum Gasteiger partial charge on any atom is -0.497 e. The Morgan fingerprint density at radius 3 is 2.43 bits per heavy atom. The molecular formula is C33H39ClN4O8S. The van der Waals surface area contributed by atoms with E-state index in [4.69, 9.17) is 21.1 Å². The van der Waals surface area contributed by atoms with Gasteiger partial charge in [-0.2, -0.15) is 0 Å². The molecule has 0 radical (unpaired) electrons. The van der Waals surface area contributed by atoms with Crippen molar-refractivity contribution in [3.05, 3.63) is 86.9 Å². The fourth-order valence-electron chi connectivity index (χ4n) is 5.70. The minimum absolute atomic E-state index is 0.00440. The van der Waals surface area contributed by atoms with Crippen molar-refractivity contribution in [1.82, 2.24) is 10.2 Å². The standard InChI is InChI=1S/C33H39ClN4O8S/c1-5-28(33(40)35-25-10-6-7-11-25)36(20-23-9-8-12-26(17-23)45-3)32(39)21-37(30-18-24(34)14-16-31(30)46-4)47(43,44)27-15-13-22(2)29(19-27)38(41)42/h8-9,12-19,25,28H,5-7,10-11,20-21H2,1-4H3,(H,35,40). The van der Waals surface area contributed by atoms with Gasteiger partial charge in [0.25, 0.3) is 15.7 Å². The van der Waals surface area contributed by atoms with Gasteiger partial charge < -0.3 is 19.7 Å². The second kappa shape index (κ2) is 15.5. The van der Waals surface area contributed by atoms with Crippen molar-refractivity contribution in [2.24, 2.45) is 0 Å². The average Bonchev–Trinajstić information content (AvgIpc) is 3.56. The number of amides is 2. The molecule has 1 fully saturated rings. The van der Waals surface area contributed by atoms with Crippen LogP contribution in [0.15, 0.2) is 65.6 Å². The maximum atomic E-state index is 14.4. The van der Waals surface area contributed by atoms with E-state index in [-0.39, 0.29) is 46.9 Å². The highest BCUT2D eigenvalue weighted by atomic mass is 35.5. The number of carbonyl (C=O) groups is 2. The predicted molar refractivity (Wildman–Crippen MR) is 178 cm³/mol. The molecule has 1 aliphatic rings. The summed E-state index contributed by atoms with van der Waals surface area (Å²) in [6.45, 7) is 2.49. The molecule has 3 aromatic carbocycles. The molecule has 0 aromatic heterocycles. The minimum atomic E-state index is -4.64. The molecule has 4 rings (SSSR count). The van der Waals surface area contributed by atoms with Gasteiger partial charge in [0.15, 0.2) is 0 Å². The van der Waals surface area contributed by atoms with Gasteiger partial charge in [0.05, 0.1) is 29.7 Å². The molecule has 1 unspecified atom stereocenters. The van der Waals surface area contributed by atoms with Crippen molar-refractivity contribution in [3.8, 4) is 11.5 Å². The number of nitro groups is 1. The van der Waals surface area contributed by atoms with E-state index in [2.05, 4.69) is 5.32 Å². The van der Waals surface area contributed by atoms with Crippen molar-refractivity contribution in [2.75, 3.05) is 25.1 Å². The van der Waals surface area contributed by atoms with Gasteiger partial charge in [-0.1, -0.05) is 49.6 Å². The predicted octanol–water partition coefficient (Wildman–Crippen LogP) is 5.64. The first-order valence-corrected chi connectivity index (χ1v) is 17.1. The molecule has 1 N–H and O–H groups in total. The van der Waals surface area contributed by atoms with Crippen LogP contribution in [0, 0.1) is 17.0 Å².